The van der Waals surface area contributed by atoms with Crippen LogP contribution in [0.1, 0.15) is 11.1 Å². The molecule has 150 valence electrons. The zero-order valence-electron chi connectivity index (χ0n) is 14.8. The Kier molecular flexibility index (Phi) is 6.92. The minimum absolute atomic E-state index is 0.0572. The van der Waals surface area contributed by atoms with E-state index < -0.39 is 5.82 Å². The normalized spacial score (nSPS) is 11.6. The van der Waals surface area contributed by atoms with Gasteiger partial charge in [0.15, 0.2) is 0 Å². The Labute approximate surface area is 180 Å². The Bertz CT molecular complexity index is 1110. The molecule has 0 spiro atoms. The fourth-order valence-corrected chi connectivity index (χ4v) is 3.45. The molecule has 2 aromatic carbocycles. The molecule has 1 aromatic heterocycles. The lowest BCUT2D eigenvalue weighted by Gasteiger charge is -2.14. The molecule has 0 bridgehead atoms. The molecule has 0 amide bonds. The molecule has 29 heavy (non-hydrogen) atoms. The predicted molar refractivity (Wildman–Crippen MR) is 112 cm³/mol. The predicted octanol–water partition coefficient (Wildman–Crippen LogP) is 4.70. The van der Waals surface area contributed by atoms with E-state index in [0.717, 1.165) is 6.07 Å². The van der Waals surface area contributed by atoms with Gasteiger partial charge in [-0.15, -0.1) is 0 Å². The van der Waals surface area contributed by atoms with Gasteiger partial charge in [-0.3, -0.25) is 9.36 Å². The highest BCUT2D eigenvalue weighted by Gasteiger charge is 2.16. The smallest absolute Gasteiger partial charge is 0.255 e. The van der Waals surface area contributed by atoms with E-state index in [9.17, 15) is 9.18 Å². The summed E-state index contributed by atoms with van der Waals surface area (Å²) in [5, 5.41) is 13.6. The molecule has 0 radical (unpaired) electrons. The second kappa shape index (κ2) is 9.41. The molecule has 1 N–H and O–H groups in total. The third-order valence-corrected chi connectivity index (χ3v) is 4.81. The van der Waals surface area contributed by atoms with Gasteiger partial charge >= 0.3 is 0 Å². The van der Waals surface area contributed by atoms with Crippen LogP contribution in [0.5, 0.6) is 0 Å². The first-order valence-electron chi connectivity index (χ1n) is 8.36. The van der Waals surface area contributed by atoms with E-state index in [1.54, 1.807) is 18.2 Å². The van der Waals surface area contributed by atoms with Gasteiger partial charge < -0.3 is 9.94 Å². The number of halogens is 4. The molecule has 1 heterocycles. The molecule has 9 heteroatoms. The summed E-state index contributed by atoms with van der Waals surface area (Å²) in [6, 6.07) is 11.5. The zero-order valence-corrected chi connectivity index (χ0v) is 17.0. The largest absolute Gasteiger partial charge is 0.393 e. The monoisotopic (exact) mass is 454 g/mol. The van der Waals surface area contributed by atoms with Crippen molar-refractivity contribution in [3.8, 4) is 5.69 Å². The van der Waals surface area contributed by atoms with Gasteiger partial charge in [-0.25, -0.2) is 4.39 Å². The highest BCUT2D eigenvalue weighted by molar-refractivity contribution is 6.38. The molecule has 3 rings (SSSR count). The Balaban J connectivity index is 2.19. The first kappa shape index (κ1) is 21.3. The maximum Gasteiger partial charge on any atom is 0.255 e. The molecule has 0 saturated carbocycles. The summed E-state index contributed by atoms with van der Waals surface area (Å²) in [6.45, 7) is -0.305. The van der Waals surface area contributed by atoms with E-state index in [1.807, 2.05) is 0 Å². The van der Waals surface area contributed by atoms with Crippen molar-refractivity contribution >= 4 is 40.5 Å². The van der Waals surface area contributed by atoms with Gasteiger partial charge in [0.2, 0.25) is 0 Å². The Morgan fingerprint density at radius 3 is 2.45 bits per heavy atom. The second-order valence-corrected chi connectivity index (χ2v) is 7.04. The number of nitrogens with zero attached hydrogens (tertiary/aromatic N) is 2. The molecule has 0 unspecified atom stereocenters. The number of hydrogen-bond donors (Lipinski definition) is 1. The van der Waals surface area contributed by atoms with E-state index in [2.05, 4.69) is 5.16 Å². The van der Waals surface area contributed by atoms with Gasteiger partial charge in [0.05, 0.1) is 27.4 Å². The van der Waals surface area contributed by atoms with Crippen LogP contribution in [-0.4, -0.2) is 28.6 Å². The molecule has 3 aromatic rings. The Hall–Kier alpha value is -2.38. The third kappa shape index (κ3) is 4.79. The van der Waals surface area contributed by atoms with Crippen molar-refractivity contribution in [1.82, 2.24) is 4.57 Å². The standard InChI is InChI=1S/C20H14Cl3FN2O3/c21-15-2-1-3-16(22)20(15)26-11-12(4-7-18(26)28)19(25-29-9-8-27)14-6-5-13(24)10-17(14)23/h1-7,10-11,27H,8-9H2/b25-19+. The van der Waals surface area contributed by atoms with Crippen molar-refractivity contribution in [3.63, 3.8) is 0 Å². The lowest BCUT2D eigenvalue weighted by Crippen LogP contribution is -2.20. The summed E-state index contributed by atoms with van der Waals surface area (Å²) in [5.74, 6) is -0.512. The summed E-state index contributed by atoms with van der Waals surface area (Å²) in [4.78, 5) is 17.6. The first-order chi connectivity index (χ1) is 13.9. The van der Waals surface area contributed by atoms with Gasteiger partial charge in [-0.2, -0.15) is 0 Å². The van der Waals surface area contributed by atoms with Crippen molar-refractivity contribution in [2.75, 3.05) is 13.2 Å². The first-order valence-corrected chi connectivity index (χ1v) is 9.49. The molecular formula is C20H14Cl3FN2O3. The highest BCUT2D eigenvalue weighted by Crippen LogP contribution is 2.28. The minimum atomic E-state index is -0.512. The summed E-state index contributed by atoms with van der Waals surface area (Å²) in [5.41, 5.74) is 0.988. The average Bonchev–Trinajstić information content (AvgIpc) is 2.67. The van der Waals surface area contributed by atoms with Gasteiger partial charge in [-0.05, 0) is 36.4 Å². The van der Waals surface area contributed by atoms with Crippen LogP contribution in [0.25, 0.3) is 5.69 Å². The van der Waals surface area contributed by atoms with Crippen molar-refractivity contribution in [3.05, 3.63) is 97.1 Å². The van der Waals surface area contributed by atoms with Gasteiger partial charge in [0.25, 0.3) is 5.56 Å². The Morgan fingerprint density at radius 1 is 1.07 bits per heavy atom. The maximum atomic E-state index is 13.5. The summed E-state index contributed by atoms with van der Waals surface area (Å²) in [7, 11) is 0. The molecule has 0 aliphatic rings. The maximum absolute atomic E-state index is 13.5. The van der Waals surface area contributed by atoms with Gasteiger partial charge in [0, 0.05) is 23.4 Å². The van der Waals surface area contributed by atoms with Crippen molar-refractivity contribution in [2.45, 2.75) is 0 Å². The SMILES string of the molecule is O=c1ccc(/C(=N\OCCO)c2ccc(F)cc2Cl)cn1-c1c(Cl)cccc1Cl. The van der Waals surface area contributed by atoms with Crippen LogP contribution in [0, 0.1) is 5.82 Å². The Morgan fingerprint density at radius 2 is 1.79 bits per heavy atom. The second-order valence-electron chi connectivity index (χ2n) is 5.82. The van der Waals surface area contributed by atoms with E-state index in [0.29, 0.717) is 16.8 Å². The molecule has 5 nitrogen and oxygen atoms in total. The number of aromatic nitrogens is 1. The summed E-state index contributed by atoms with van der Waals surface area (Å²) < 4.78 is 14.8. The topological polar surface area (TPSA) is 63.8 Å². The van der Waals surface area contributed by atoms with E-state index in [-0.39, 0.29) is 39.6 Å². The number of aliphatic hydroxyl groups is 1. The van der Waals surface area contributed by atoms with E-state index in [4.69, 9.17) is 44.7 Å². The molecule has 0 saturated heterocycles. The quantitative estimate of drug-likeness (QED) is 0.333. The number of pyridine rings is 1. The van der Waals surface area contributed by atoms with E-state index >= 15 is 0 Å². The van der Waals surface area contributed by atoms with Crippen molar-refractivity contribution < 1.29 is 14.3 Å². The number of rotatable bonds is 6. The number of oxime groups is 1. The lowest BCUT2D eigenvalue weighted by molar-refractivity contribution is 0.0989. The highest BCUT2D eigenvalue weighted by atomic mass is 35.5. The van der Waals surface area contributed by atoms with Crippen molar-refractivity contribution in [1.29, 1.82) is 0 Å². The van der Waals surface area contributed by atoms with Crippen LogP contribution in [0.15, 0.2) is 64.7 Å². The van der Waals surface area contributed by atoms with Crippen LogP contribution in [-0.2, 0) is 4.84 Å². The summed E-state index contributed by atoms with van der Waals surface area (Å²) in [6.07, 6.45) is 1.48. The van der Waals surface area contributed by atoms with Crippen molar-refractivity contribution in [2.24, 2.45) is 5.16 Å². The van der Waals surface area contributed by atoms with Gasteiger partial charge in [0.1, 0.15) is 18.1 Å². The molecule has 0 atom stereocenters. The van der Waals surface area contributed by atoms with Crippen LogP contribution in [0.4, 0.5) is 4.39 Å². The average molecular weight is 456 g/mol. The molecular weight excluding hydrogens is 442 g/mol. The number of hydrogen-bond acceptors (Lipinski definition) is 4. The number of benzene rings is 2. The van der Waals surface area contributed by atoms with E-state index in [1.165, 1.54) is 35.0 Å². The van der Waals surface area contributed by atoms with Crippen LogP contribution >= 0.6 is 34.8 Å². The van der Waals surface area contributed by atoms with Crippen LogP contribution in [0.3, 0.4) is 0 Å². The number of para-hydroxylation sites is 1. The minimum Gasteiger partial charge on any atom is -0.393 e. The molecule has 0 aliphatic heterocycles. The van der Waals surface area contributed by atoms with Gasteiger partial charge in [-0.1, -0.05) is 46.0 Å². The lowest BCUT2D eigenvalue weighted by atomic mass is 10.0. The van der Waals surface area contributed by atoms with Crippen LogP contribution < -0.4 is 5.56 Å². The fraction of sp³-hybridized carbons (Fsp3) is 0.100. The molecule has 0 fully saturated rings. The van der Waals surface area contributed by atoms with Crippen LogP contribution in [0.2, 0.25) is 15.1 Å². The number of aliphatic hydroxyl groups excluding tert-OH is 1. The third-order valence-electron chi connectivity index (χ3n) is 3.89. The fourth-order valence-electron chi connectivity index (χ4n) is 2.61. The molecule has 0 aliphatic carbocycles. The summed E-state index contributed by atoms with van der Waals surface area (Å²) >= 11 is 18.7. The zero-order chi connectivity index (χ0) is 21.0.